The number of allylic oxidation sites excluding steroid dienone is 3. The lowest BCUT2D eigenvalue weighted by atomic mass is 9.79. The van der Waals surface area contributed by atoms with Crippen molar-refractivity contribution in [3.63, 3.8) is 0 Å². The van der Waals surface area contributed by atoms with Crippen LogP contribution >= 0.6 is 0 Å². The van der Waals surface area contributed by atoms with Gasteiger partial charge in [-0.25, -0.2) is 4.57 Å². The molecule has 0 N–H and O–H groups in total. The third kappa shape index (κ3) is 9.98. The molecule has 5 aromatic rings. The Morgan fingerprint density at radius 1 is 0.867 bits per heavy atom. The van der Waals surface area contributed by atoms with E-state index in [1.807, 2.05) is 6.92 Å². The Balaban J connectivity index is 1.36. The van der Waals surface area contributed by atoms with Crippen molar-refractivity contribution in [3.05, 3.63) is 174 Å². The molecule has 4 nitrogen and oxygen atoms in total. The summed E-state index contributed by atoms with van der Waals surface area (Å²) in [5, 5.41) is 0. The smallest absolute Gasteiger partial charge is 0.216 e. The van der Waals surface area contributed by atoms with Gasteiger partial charge in [0, 0.05) is 49.6 Å². The Morgan fingerprint density at radius 3 is 2.27 bits per heavy atom. The summed E-state index contributed by atoms with van der Waals surface area (Å²) < 4.78 is 11.6. The second-order valence-corrected chi connectivity index (χ2v) is 17.9. The van der Waals surface area contributed by atoms with Gasteiger partial charge in [-0.2, -0.15) is 4.57 Å². The molecule has 2 aromatic heterocycles. The molecular weight excluding hydrogens is 731 g/mol. The van der Waals surface area contributed by atoms with Crippen LogP contribution < -0.4 is 9.13 Å². The molecule has 4 atom stereocenters. The molecule has 6 rings (SSSR count). The number of hydrogen-bond donors (Lipinski definition) is 0. The van der Waals surface area contributed by atoms with E-state index in [2.05, 4.69) is 194 Å². The standard InChI is InChI=1S/C56H69N3O/c1-13-39(7)50(27-28-54-49(14-2)51-24-18-19-25-52(51)53-26-20-21-29-59(53)54)56(55-31-40(8)48(30-37(3)4)36-58(55)12)42(10)60-43(11)57-35-41(9)46-32-45(38(5)6)33-47(34-46)44-22-16-15-17-23-44/h14-26,29,31-34,36-39,41,49,54H,2,10,13,27-28,30,35H2,1,3-9,11-12H3/q+2/b56-50+,57-43-. The van der Waals surface area contributed by atoms with Crippen molar-refractivity contribution in [2.45, 2.75) is 112 Å². The van der Waals surface area contributed by atoms with Crippen LogP contribution in [-0.2, 0) is 18.2 Å². The average molecular weight is 800 g/mol. The number of aromatic nitrogens is 2. The fraction of sp³-hybridized carbons (Fsp3) is 0.375. The minimum Gasteiger partial charge on any atom is -0.443 e. The van der Waals surface area contributed by atoms with Gasteiger partial charge in [0.15, 0.2) is 24.3 Å². The van der Waals surface area contributed by atoms with Crippen LogP contribution in [0.1, 0.15) is 132 Å². The maximum absolute atomic E-state index is 6.77. The molecule has 0 bridgehead atoms. The molecule has 4 unspecified atom stereocenters. The first kappa shape index (κ1) is 44.2. The molecule has 1 aliphatic rings. The number of aryl methyl sites for hydroxylation is 2. The topological polar surface area (TPSA) is 29.3 Å². The molecule has 0 spiro atoms. The van der Waals surface area contributed by atoms with Crippen molar-refractivity contribution in [1.29, 1.82) is 0 Å². The van der Waals surface area contributed by atoms with Gasteiger partial charge in [0.2, 0.25) is 11.4 Å². The van der Waals surface area contributed by atoms with Crippen molar-refractivity contribution < 1.29 is 13.9 Å². The number of fused-ring (bicyclic) bond motifs is 3. The summed E-state index contributed by atoms with van der Waals surface area (Å²) >= 11 is 0. The number of rotatable bonds is 16. The van der Waals surface area contributed by atoms with Crippen LogP contribution in [0.15, 0.2) is 145 Å². The molecule has 3 aromatic carbocycles. The molecule has 0 saturated carbocycles. The molecule has 312 valence electrons. The average Bonchev–Trinajstić information content (AvgIpc) is 3.25. The first-order valence-corrected chi connectivity index (χ1v) is 22.3. The highest BCUT2D eigenvalue weighted by atomic mass is 16.5. The van der Waals surface area contributed by atoms with Crippen molar-refractivity contribution in [2.75, 3.05) is 6.54 Å². The second kappa shape index (κ2) is 19.8. The van der Waals surface area contributed by atoms with Gasteiger partial charge >= 0.3 is 0 Å². The zero-order valence-corrected chi connectivity index (χ0v) is 38.1. The monoisotopic (exact) mass is 800 g/mol. The SMILES string of the molecule is C=CC1c2ccccc2-c2cccc[n+]2C1CC/C(=C(/C(=C)O/C(C)=N\CC(C)c1cc(-c2ccccc2)cc(C(C)C)c1)c1cc(C)c(CC(C)C)c[n+]1C)C(C)CC. The van der Waals surface area contributed by atoms with E-state index in [1.54, 1.807) is 0 Å². The summed E-state index contributed by atoms with van der Waals surface area (Å²) in [4.78, 5) is 5.08. The van der Waals surface area contributed by atoms with Gasteiger partial charge in [-0.1, -0.05) is 128 Å². The zero-order valence-electron chi connectivity index (χ0n) is 38.1. The fourth-order valence-corrected chi connectivity index (χ4v) is 9.06. The summed E-state index contributed by atoms with van der Waals surface area (Å²) in [5.41, 5.74) is 15.3. The van der Waals surface area contributed by atoms with E-state index >= 15 is 0 Å². The maximum Gasteiger partial charge on any atom is 0.216 e. The van der Waals surface area contributed by atoms with E-state index in [4.69, 9.17) is 16.3 Å². The summed E-state index contributed by atoms with van der Waals surface area (Å²) in [6.07, 6.45) is 10.6. The van der Waals surface area contributed by atoms with Gasteiger partial charge in [0.05, 0.1) is 17.1 Å². The van der Waals surface area contributed by atoms with Gasteiger partial charge in [-0.3, -0.25) is 4.99 Å². The van der Waals surface area contributed by atoms with Crippen molar-refractivity contribution in [2.24, 2.45) is 23.9 Å². The van der Waals surface area contributed by atoms with Crippen LogP contribution in [0.25, 0.3) is 28.0 Å². The molecule has 0 amide bonds. The predicted octanol–water partition coefficient (Wildman–Crippen LogP) is 13.6. The third-order valence-electron chi connectivity index (χ3n) is 12.7. The lowest BCUT2D eigenvalue weighted by molar-refractivity contribution is -0.717. The summed E-state index contributed by atoms with van der Waals surface area (Å²) in [6.45, 7) is 30.0. The Hall–Kier alpha value is -5.35. The van der Waals surface area contributed by atoms with Crippen LogP contribution in [0.3, 0.4) is 0 Å². The van der Waals surface area contributed by atoms with Crippen LogP contribution in [0, 0.1) is 18.8 Å². The molecule has 0 radical (unpaired) electrons. The Morgan fingerprint density at radius 2 is 1.57 bits per heavy atom. The highest BCUT2D eigenvalue weighted by Crippen LogP contribution is 2.43. The molecule has 0 fully saturated rings. The molecule has 60 heavy (non-hydrogen) atoms. The summed E-state index contributed by atoms with van der Waals surface area (Å²) in [6, 6.07) is 35.7. The summed E-state index contributed by atoms with van der Waals surface area (Å²) in [7, 11) is 2.18. The van der Waals surface area contributed by atoms with Crippen LogP contribution in [0.4, 0.5) is 0 Å². The minimum absolute atomic E-state index is 0.192. The van der Waals surface area contributed by atoms with E-state index in [1.165, 1.54) is 55.8 Å². The largest absolute Gasteiger partial charge is 0.443 e. The van der Waals surface area contributed by atoms with E-state index in [0.29, 0.717) is 36.0 Å². The molecule has 1 aliphatic heterocycles. The third-order valence-corrected chi connectivity index (χ3v) is 12.7. The van der Waals surface area contributed by atoms with Gasteiger partial charge in [0.25, 0.3) is 0 Å². The number of aliphatic imine (C=N–C) groups is 1. The van der Waals surface area contributed by atoms with Gasteiger partial charge in [-0.15, -0.1) is 6.58 Å². The van der Waals surface area contributed by atoms with Crippen LogP contribution in [0.2, 0.25) is 0 Å². The number of ether oxygens (including phenoxy) is 1. The Bertz CT molecular complexity index is 2360. The van der Waals surface area contributed by atoms with Crippen molar-refractivity contribution >= 4 is 11.5 Å². The van der Waals surface area contributed by atoms with Gasteiger partial charge in [-0.05, 0) is 95.0 Å². The lowest BCUT2D eigenvalue weighted by Crippen LogP contribution is -2.47. The number of nitrogens with zero attached hydrogens (tertiary/aromatic N) is 3. The zero-order chi connectivity index (χ0) is 43.1. The normalized spacial score (nSPS) is 16.5. The molecule has 0 saturated heterocycles. The quantitative estimate of drug-likeness (QED) is 0.0244. The molecule has 4 heteroatoms. The van der Waals surface area contributed by atoms with E-state index in [0.717, 1.165) is 37.0 Å². The second-order valence-electron chi connectivity index (χ2n) is 17.9. The summed E-state index contributed by atoms with van der Waals surface area (Å²) in [5.74, 6) is 2.98. The predicted molar refractivity (Wildman–Crippen MR) is 253 cm³/mol. The highest BCUT2D eigenvalue weighted by Gasteiger charge is 2.38. The lowest BCUT2D eigenvalue weighted by Gasteiger charge is -2.29. The first-order chi connectivity index (χ1) is 28.8. The Labute approximate surface area is 362 Å². The van der Waals surface area contributed by atoms with E-state index < -0.39 is 0 Å². The van der Waals surface area contributed by atoms with Crippen LogP contribution in [-0.4, -0.2) is 12.4 Å². The Kier molecular flexibility index (Phi) is 14.6. The minimum atomic E-state index is 0.192. The van der Waals surface area contributed by atoms with Gasteiger partial charge < -0.3 is 4.74 Å². The first-order valence-electron chi connectivity index (χ1n) is 22.3. The van der Waals surface area contributed by atoms with Crippen LogP contribution in [0.5, 0.6) is 0 Å². The highest BCUT2D eigenvalue weighted by molar-refractivity contribution is 5.83. The van der Waals surface area contributed by atoms with Gasteiger partial charge in [0.1, 0.15) is 12.8 Å². The van der Waals surface area contributed by atoms with E-state index in [-0.39, 0.29) is 17.9 Å². The molecule has 3 heterocycles. The van der Waals surface area contributed by atoms with Crippen molar-refractivity contribution in [3.8, 4) is 22.4 Å². The maximum atomic E-state index is 6.77. The van der Waals surface area contributed by atoms with Crippen molar-refractivity contribution in [1.82, 2.24) is 0 Å². The fourth-order valence-electron chi connectivity index (χ4n) is 9.06. The van der Waals surface area contributed by atoms with E-state index in [9.17, 15) is 0 Å². The number of pyridine rings is 2. The number of benzene rings is 3. The molecular formula is C56H69N3O+2. The number of hydrogen-bond acceptors (Lipinski definition) is 2. The molecule has 0 aliphatic carbocycles.